The molecule has 0 aromatic heterocycles. The first-order chi connectivity index (χ1) is 9.74. The molecule has 2 atom stereocenters. The minimum Gasteiger partial charge on any atom is -0.379 e. The molecule has 4 heteroatoms. The summed E-state index contributed by atoms with van der Waals surface area (Å²) in [5, 5.41) is 4.97. The molecule has 0 aliphatic rings. The highest BCUT2D eigenvalue weighted by molar-refractivity contribution is 5.93. The Morgan fingerprint density at radius 1 is 1.24 bits per heavy atom. The summed E-state index contributed by atoms with van der Waals surface area (Å²) in [5.41, 5.74) is 2.22. The smallest absolute Gasteiger partial charge is 0.282 e. The van der Waals surface area contributed by atoms with Crippen LogP contribution in [-0.2, 0) is 14.9 Å². The fraction of sp³-hybridized carbons (Fsp3) is 0.588. The summed E-state index contributed by atoms with van der Waals surface area (Å²) in [5.74, 6) is 0.0152. The second-order valence-electron chi connectivity index (χ2n) is 6.73. The van der Waals surface area contributed by atoms with Crippen LogP contribution in [-0.4, -0.2) is 31.7 Å². The van der Waals surface area contributed by atoms with E-state index in [1.807, 2.05) is 31.3 Å². The van der Waals surface area contributed by atoms with Gasteiger partial charge in [-0.2, -0.15) is 0 Å². The molecule has 0 spiro atoms. The van der Waals surface area contributed by atoms with E-state index in [1.165, 1.54) is 5.56 Å². The van der Waals surface area contributed by atoms with Crippen molar-refractivity contribution in [2.24, 2.45) is 0 Å². The van der Waals surface area contributed by atoms with E-state index in [9.17, 15) is 4.79 Å². The highest BCUT2D eigenvalue weighted by atomic mass is 16.5. The standard InChI is InChI=1S/C17H28N2O2/c1-12(11-21-6)18-13(2)16(20)19-15-9-7-14(8-10-15)17(3,4)5/h7-10,12-13,18H,11H2,1-6H3,(H,19,20)/p+1/t12-,13-/m0/s1. The summed E-state index contributed by atoms with van der Waals surface area (Å²) in [6.45, 7) is 11.1. The lowest BCUT2D eigenvalue weighted by molar-refractivity contribution is -0.704. The largest absolute Gasteiger partial charge is 0.379 e. The molecule has 0 bridgehead atoms. The van der Waals surface area contributed by atoms with Gasteiger partial charge in [0.05, 0.1) is 6.61 Å². The van der Waals surface area contributed by atoms with E-state index < -0.39 is 0 Å². The molecule has 0 unspecified atom stereocenters. The number of hydrogen-bond acceptors (Lipinski definition) is 2. The number of amides is 1. The number of rotatable bonds is 6. The Morgan fingerprint density at radius 3 is 2.29 bits per heavy atom. The van der Waals surface area contributed by atoms with Crippen molar-refractivity contribution in [3.63, 3.8) is 0 Å². The average molecular weight is 293 g/mol. The van der Waals surface area contributed by atoms with Gasteiger partial charge in [0.2, 0.25) is 0 Å². The predicted molar refractivity (Wildman–Crippen MR) is 86.5 cm³/mol. The second kappa shape index (κ2) is 7.57. The van der Waals surface area contributed by atoms with E-state index in [2.05, 4.69) is 38.2 Å². The number of carbonyl (C=O) groups excluding carboxylic acids is 1. The van der Waals surface area contributed by atoms with E-state index in [-0.39, 0.29) is 23.4 Å². The molecule has 0 aliphatic carbocycles. The number of hydrogen-bond donors (Lipinski definition) is 2. The zero-order valence-electron chi connectivity index (χ0n) is 14.1. The monoisotopic (exact) mass is 293 g/mol. The number of anilines is 1. The molecule has 0 radical (unpaired) electrons. The van der Waals surface area contributed by atoms with Crippen molar-refractivity contribution in [1.29, 1.82) is 0 Å². The molecule has 0 heterocycles. The number of ether oxygens (including phenoxy) is 1. The fourth-order valence-corrected chi connectivity index (χ4v) is 2.21. The van der Waals surface area contributed by atoms with Crippen molar-refractivity contribution in [1.82, 2.24) is 0 Å². The molecular formula is C17H29N2O2+. The molecule has 0 saturated carbocycles. The van der Waals surface area contributed by atoms with Gasteiger partial charge < -0.3 is 15.4 Å². The van der Waals surface area contributed by atoms with Gasteiger partial charge in [-0.25, -0.2) is 0 Å². The van der Waals surface area contributed by atoms with E-state index in [1.54, 1.807) is 7.11 Å². The van der Waals surface area contributed by atoms with Crippen molar-refractivity contribution < 1.29 is 14.8 Å². The third-order valence-corrected chi connectivity index (χ3v) is 3.48. The van der Waals surface area contributed by atoms with Crippen LogP contribution in [0.4, 0.5) is 5.69 Å². The maximum Gasteiger partial charge on any atom is 0.282 e. The third kappa shape index (κ3) is 5.86. The van der Waals surface area contributed by atoms with Gasteiger partial charge in [-0.15, -0.1) is 0 Å². The van der Waals surface area contributed by atoms with E-state index in [0.717, 1.165) is 5.69 Å². The quantitative estimate of drug-likeness (QED) is 0.842. The van der Waals surface area contributed by atoms with Crippen LogP contribution in [0, 0.1) is 0 Å². The highest BCUT2D eigenvalue weighted by Gasteiger charge is 2.19. The summed E-state index contributed by atoms with van der Waals surface area (Å²) in [6, 6.07) is 8.18. The van der Waals surface area contributed by atoms with Gasteiger partial charge in [0.15, 0.2) is 6.04 Å². The molecule has 3 N–H and O–H groups in total. The Labute approximate surface area is 128 Å². The molecule has 1 aromatic carbocycles. The van der Waals surface area contributed by atoms with E-state index >= 15 is 0 Å². The first kappa shape index (κ1) is 17.7. The summed E-state index contributed by atoms with van der Waals surface area (Å²) in [4.78, 5) is 12.2. The highest BCUT2D eigenvalue weighted by Crippen LogP contribution is 2.23. The van der Waals surface area contributed by atoms with Gasteiger partial charge >= 0.3 is 0 Å². The van der Waals surface area contributed by atoms with Crippen molar-refractivity contribution in [3.8, 4) is 0 Å². The summed E-state index contributed by atoms with van der Waals surface area (Å²) in [6.07, 6.45) is 0. The van der Waals surface area contributed by atoms with Gasteiger partial charge in [0.1, 0.15) is 6.04 Å². The van der Waals surface area contributed by atoms with E-state index in [0.29, 0.717) is 6.61 Å². The molecule has 118 valence electrons. The van der Waals surface area contributed by atoms with Crippen LogP contribution in [0.15, 0.2) is 24.3 Å². The van der Waals surface area contributed by atoms with Gasteiger partial charge in [-0.1, -0.05) is 32.9 Å². The fourth-order valence-electron chi connectivity index (χ4n) is 2.21. The molecule has 21 heavy (non-hydrogen) atoms. The minimum atomic E-state index is -0.141. The Balaban J connectivity index is 2.58. The number of carbonyl (C=O) groups is 1. The van der Waals surface area contributed by atoms with Crippen LogP contribution < -0.4 is 10.6 Å². The first-order valence-electron chi connectivity index (χ1n) is 7.49. The van der Waals surface area contributed by atoms with Crippen molar-refractivity contribution in [3.05, 3.63) is 29.8 Å². The molecule has 1 rings (SSSR count). The van der Waals surface area contributed by atoms with Gasteiger partial charge in [0.25, 0.3) is 5.91 Å². The zero-order valence-corrected chi connectivity index (χ0v) is 14.1. The van der Waals surface area contributed by atoms with Crippen LogP contribution in [0.1, 0.15) is 40.2 Å². The number of nitrogens with one attached hydrogen (secondary N) is 1. The van der Waals surface area contributed by atoms with Crippen LogP contribution in [0.2, 0.25) is 0 Å². The minimum absolute atomic E-state index is 0.0152. The predicted octanol–water partition coefficient (Wildman–Crippen LogP) is 1.91. The van der Waals surface area contributed by atoms with Gasteiger partial charge in [0, 0.05) is 12.8 Å². The lowest BCUT2D eigenvalue weighted by atomic mass is 9.87. The molecule has 1 amide bonds. The normalized spacial score (nSPS) is 14.6. The second-order valence-corrected chi connectivity index (χ2v) is 6.73. The lowest BCUT2D eigenvalue weighted by Gasteiger charge is -2.19. The number of benzene rings is 1. The topological polar surface area (TPSA) is 54.9 Å². The summed E-state index contributed by atoms with van der Waals surface area (Å²) >= 11 is 0. The van der Waals surface area contributed by atoms with Crippen LogP contribution in [0.3, 0.4) is 0 Å². The van der Waals surface area contributed by atoms with Crippen LogP contribution in [0.5, 0.6) is 0 Å². The van der Waals surface area contributed by atoms with E-state index in [4.69, 9.17) is 4.74 Å². The maximum absolute atomic E-state index is 12.2. The Kier molecular flexibility index (Phi) is 6.37. The molecule has 0 aliphatic heterocycles. The lowest BCUT2D eigenvalue weighted by Crippen LogP contribution is -2.96. The van der Waals surface area contributed by atoms with Crippen molar-refractivity contribution >= 4 is 11.6 Å². The Bertz CT molecular complexity index is 449. The SMILES string of the molecule is COC[C@H](C)[NH2+][C@@H](C)C(=O)Nc1ccc(C(C)(C)C)cc1. The van der Waals surface area contributed by atoms with Crippen LogP contribution in [0.25, 0.3) is 0 Å². The molecular weight excluding hydrogens is 264 g/mol. The van der Waals surface area contributed by atoms with Gasteiger partial charge in [-0.05, 0) is 37.0 Å². The summed E-state index contributed by atoms with van der Waals surface area (Å²) < 4.78 is 5.08. The number of methoxy groups -OCH3 is 1. The first-order valence-corrected chi connectivity index (χ1v) is 7.49. The Hall–Kier alpha value is -1.39. The average Bonchev–Trinajstić information content (AvgIpc) is 2.38. The summed E-state index contributed by atoms with van der Waals surface area (Å²) in [7, 11) is 1.67. The number of quaternary nitrogens is 1. The van der Waals surface area contributed by atoms with Crippen molar-refractivity contribution in [2.45, 2.75) is 52.1 Å². The Morgan fingerprint density at radius 2 is 1.81 bits per heavy atom. The molecule has 1 aromatic rings. The molecule has 4 nitrogen and oxygen atoms in total. The molecule has 0 saturated heterocycles. The zero-order chi connectivity index (χ0) is 16.0. The number of nitrogens with two attached hydrogens (primary N) is 1. The van der Waals surface area contributed by atoms with Gasteiger partial charge in [-0.3, -0.25) is 4.79 Å². The van der Waals surface area contributed by atoms with Crippen molar-refractivity contribution in [2.75, 3.05) is 19.0 Å². The maximum atomic E-state index is 12.2. The molecule has 0 fully saturated rings. The third-order valence-electron chi connectivity index (χ3n) is 3.48. The van der Waals surface area contributed by atoms with Crippen LogP contribution >= 0.6 is 0 Å².